The molecule has 0 heterocycles. The van der Waals surface area contributed by atoms with Crippen molar-refractivity contribution < 1.29 is 13.6 Å². The van der Waals surface area contributed by atoms with Crippen LogP contribution in [0.1, 0.15) is 19.4 Å². The summed E-state index contributed by atoms with van der Waals surface area (Å²) in [6, 6.07) is 4.96. The highest BCUT2D eigenvalue weighted by molar-refractivity contribution is 8.07. The van der Waals surface area contributed by atoms with Crippen LogP contribution in [0.25, 0.3) is 5.76 Å². The third kappa shape index (κ3) is 5.19. The number of benzene rings is 1. The van der Waals surface area contributed by atoms with Crippen LogP contribution in [0.3, 0.4) is 0 Å². The number of hydrogen-bond acceptors (Lipinski definition) is 4. The van der Waals surface area contributed by atoms with Crippen LogP contribution in [-0.2, 0) is 25.4 Å². The average Bonchev–Trinajstić information content (AvgIpc) is 2.37. The highest BCUT2D eigenvalue weighted by Crippen LogP contribution is 2.53. The maximum absolute atomic E-state index is 6.12. The molecule has 0 N–H and O–H groups in total. The molecule has 0 aliphatic rings. The Kier molecular flexibility index (Phi) is 7.84. The molecule has 1 aromatic rings. The van der Waals surface area contributed by atoms with Crippen LogP contribution in [-0.4, -0.2) is 13.2 Å². The lowest BCUT2D eigenvalue weighted by Crippen LogP contribution is -2.00. The summed E-state index contributed by atoms with van der Waals surface area (Å²) in [7, 11) is 0. The molecule has 0 saturated carbocycles. The Labute approximate surface area is 139 Å². The SMILES string of the molecule is CCOP(=S)(OCC)O/C(=C/Cl)c1ccc(Cl)cc1Cl. The molecule has 0 amide bonds. The standard InChI is InChI=1S/C12H14Cl3O3PS/c1-3-16-19(20,17-4-2)18-12(8-13)10-6-5-9(14)7-11(10)15/h5-8H,3-4H2,1-2H3/b12-8+. The fraction of sp³-hybridized carbons (Fsp3) is 0.333. The summed E-state index contributed by atoms with van der Waals surface area (Å²) in [5.41, 5.74) is 1.81. The molecule has 0 bridgehead atoms. The van der Waals surface area contributed by atoms with Crippen LogP contribution in [0.5, 0.6) is 0 Å². The van der Waals surface area contributed by atoms with E-state index in [1.807, 2.05) is 13.8 Å². The average molecular weight is 376 g/mol. The molecule has 0 aliphatic heterocycles. The summed E-state index contributed by atoms with van der Waals surface area (Å²) in [5, 5.41) is 0.917. The van der Waals surface area contributed by atoms with Gasteiger partial charge in [0.05, 0.1) is 18.2 Å². The highest BCUT2D eigenvalue weighted by atomic mass is 35.5. The smallest absolute Gasteiger partial charge is 0.380 e. The summed E-state index contributed by atoms with van der Waals surface area (Å²) in [6.07, 6.45) is 0. The highest BCUT2D eigenvalue weighted by Gasteiger charge is 2.24. The predicted molar refractivity (Wildman–Crippen MR) is 88.9 cm³/mol. The van der Waals surface area contributed by atoms with Crippen molar-refractivity contribution in [3.8, 4) is 0 Å². The van der Waals surface area contributed by atoms with Gasteiger partial charge in [0, 0.05) is 27.9 Å². The molecule has 0 aromatic heterocycles. The van der Waals surface area contributed by atoms with Gasteiger partial charge in [-0.1, -0.05) is 34.8 Å². The van der Waals surface area contributed by atoms with E-state index in [9.17, 15) is 0 Å². The number of rotatable bonds is 7. The summed E-state index contributed by atoms with van der Waals surface area (Å²) < 4.78 is 16.5. The van der Waals surface area contributed by atoms with Crippen molar-refractivity contribution in [1.29, 1.82) is 0 Å². The zero-order valence-electron chi connectivity index (χ0n) is 10.9. The fourth-order valence-electron chi connectivity index (χ4n) is 1.34. The predicted octanol–water partition coefficient (Wildman–Crippen LogP) is 5.84. The quantitative estimate of drug-likeness (QED) is 0.442. The van der Waals surface area contributed by atoms with Crippen LogP contribution in [0.2, 0.25) is 10.0 Å². The van der Waals surface area contributed by atoms with E-state index in [4.69, 9.17) is 60.2 Å². The van der Waals surface area contributed by atoms with Gasteiger partial charge < -0.3 is 4.52 Å². The van der Waals surface area contributed by atoms with Crippen molar-refractivity contribution >= 4 is 59.1 Å². The van der Waals surface area contributed by atoms with E-state index in [1.54, 1.807) is 18.2 Å². The van der Waals surface area contributed by atoms with E-state index in [1.165, 1.54) is 5.54 Å². The van der Waals surface area contributed by atoms with Crippen molar-refractivity contribution in [2.45, 2.75) is 13.8 Å². The second-order valence-corrected chi connectivity index (χ2v) is 7.47. The third-order valence-electron chi connectivity index (χ3n) is 2.08. The first-order chi connectivity index (χ1) is 9.45. The van der Waals surface area contributed by atoms with Gasteiger partial charge in [0.1, 0.15) is 5.76 Å². The van der Waals surface area contributed by atoms with E-state index in [2.05, 4.69) is 0 Å². The summed E-state index contributed by atoms with van der Waals surface area (Å²) in [4.78, 5) is 0. The molecule has 0 aliphatic carbocycles. The largest absolute Gasteiger partial charge is 0.422 e. The Morgan fingerprint density at radius 3 is 2.30 bits per heavy atom. The molecule has 1 aromatic carbocycles. The van der Waals surface area contributed by atoms with Crippen LogP contribution in [0.15, 0.2) is 23.7 Å². The van der Waals surface area contributed by atoms with E-state index in [-0.39, 0.29) is 0 Å². The zero-order valence-corrected chi connectivity index (χ0v) is 14.9. The molecule has 0 atom stereocenters. The van der Waals surface area contributed by atoms with Crippen molar-refractivity contribution in [2.75, 3.05) is 13.2 Å². The third-order valence-corrected chi connectivity index (χ3v) is 5.25. The minimum Gasteiger partial charge on any atom is -0.422 e. The van der Waals surface area contributed by atoms with Crippen molar-refractivity contribution in [3.05, 3.63) is 39.3 Å². The van der Waals surface area contributed by atoms with Gasteiger partial charge in [-0.3, -0.25) is 9.05 Å². The molecule has 20 heavy (non-hydrogen) atoms. The van der Waals surface area contributed by atoms with Gasteiger partial charge in [-0.25, -0.2) is 0 Å². The molecule has 3 nitrogen and oxygen atoms in total. The Bertz CT molecular complexity index is 527. The van der Waals surface area contributed by atoms with Crippen LogP contribution < -0.4 is 0 Å². The first-order valence-electron chi connectivity index (χ1n) is 5.80. The zero-order chi connectivity index (χ0) is 15.2. The second kappa shape index (κ2) is 8.60. The molecule has 0 spiro atoms. The van der Waals surface area contributed by atoms with Gasteiger partial charge >= 0.3 is 6.72 Å². The maximum Gasteiger partial charge on any atom is 0.380 e. The monoisotopic (exact) mass is 374 g/mol. The van der Waals surface area contributed by atoms with Gasteiger partial charge in [-0.15, -0.1) is 0 Å². The van der Waals surface area contributed by atoms with Gasteiger partial charge in [0.15, 0.2) is 0 Å². The summed E-state index contributed by atoms with van der Waals surface area (Å²) in [6.45, 7) is 1.47. The molecule has 0 saturated heterocycles. The van der Waals surface area contributed by atoms with E-state index in [0.29, 0.717) is 34.6 Å². The fourth-order valence-corrected chi connectivity index (χ4v) is 4.15. The van der Waals surface area contributed by atoms with Crippen LogP contribution in [0.4, 0.5) is 0 Å². The van der Waals surface area contributed by atoms with Crippen molar-refractivity contribution in [2.24, 2.45) is 0 Å². The number of halogens is 3. The molecule has 0 unspecified atom stereocenters. The Morgan fingerprint density at radius 2 is 1.85 bits per heavy atom. The van der Waals surface area contributed by atoms with Crippen molar-refractivity contribution in [1.82, 2.24) is 0 Å². The summed E-state index contributed by atoms with van der Waals surface area (Å²) in [5.74, 6) is 0.290. The molecule has 1 rings (SSSR count). The lowest BCUT2D eigenvalue weighted by molar-refractivity contribution is 0.210. The Morgan fingerprint density at radius 1 is 1.25 bits per heavy atom. The molecule has 8 heteroatoms. The first kappa shape index (κ1) is 18.2. The second-order valence-electron chi connectivity index (χ2n) is 3.47. The summed E-state index contributed by atoms with van der Waals surface area (Å²) >= 11 is 23.1. The van der Waals surface area contributed by atoms with Crippen molar-refractivity contribution in [3.63, 3.8) is 0 Å². The minimum atomic E-state index is -2.90. The van der Waals surface area contributed by atoms with E-state index < -0.39 is 6.72 Å². The van der Waals surface area contributed by atoms with E-state index >= 15 is 0 Å². The van der Waals surface area contributed by atoms with Gasteiger partial charge in [0.2, 0.25) is 0 Å². The van der Waals surface area contributed by atoms with Crippen LogP contribution >= 0.6 is 41.5 Å². The first-order valence-corrected chi connectivity index (χ1v) is 9.55. The molecular weight excluding hydrogens is 362 g/mol. The van der Waals surface area contributed by atoms with Gasteiger partial charge in [-0.05, 0) is 32.0 Å². The number of hydrogen-bond donors (Lipinski definition) is 0. The van der Waals surface area contributed by atoms with Gasteiger partial charge in [0.25, 0.3) is 0 Å². The molecular formula is C12H14Cl3O3PS. The molecule has 112 valence electrons. The Balaban J connectivity index is 3.05. The van der Waals surface area contributed by atoms with Crippen LogP contribution in [0, 0.1) is 0 Å². The normalized spacial score (nSPS) is 12.6. The lowest BCUT2D eigenvalue weighted by atomic mass is 10.2. The lowest BCUT2D eigenvalue weighted by Gasteiger charge is -2.22. The Hall–Kier alpha value is 0.200. The molecule has 0 fully saturated rings. The minimum absolute atomic E-state index is 0.290. The molecule has 0 radical (unpaired) electrons. The maximum atomic E-state index is 6.12. The van der Waals surface area contributed by atoms with Gasteiger partial charge in [-0.2, -0.15) is 0 Å². The topological polar surface area (TPSA) is 27.7 Å². The van der Waals surface area contributed by atoms with E-state index in [0.717, 1.165) is 0 Å².